The molecule has 34 heavy (non-hydrogen) atoms. The van der Waals surface area contributed by atoms with Crippen molar-refractivity contribution in [2.75, 3.05) is 10.6 Å². The Morgan fingerprint density at radius 1 is 0.941 bits per heavy atom. The fourth-order valence-electron chi connectivity index (χ4n) is 3.13. The fraction of sp³-hybridized carbons (Fsp3) is 0.0833. The lowest BCUT2D eigenvalue weighted by Gasteiger charge is -2.18. The third-order valence-corrected chi connectivity index (χ3v) is 5.86. The van der Waals surface area contributed by atoms with E-state index >= 15 is 0 Å². The predicted octanol–water partition coefficient (Wildman–Crippen LogP) is 5.37. The van der Waals surface area contributed by atoms with Gasteiger partial charge in [0.05, 0.1) is 0 Å². The van der Waals surface area contributed by atoms with Crippen LogP contribution in [0.4, 0.5) is 20.0 Å². The minimum atomic E-state index is -0.889. The van der Waals surface area contributed by atoms with Crippen LogP contribution in [-0.4, -0.2) is 28.2 Å². The van der Waals surface area contributed by atoms with E-state index in [1.165, 1.54) is 12.1 Å². The number of benzene rings is 3. The number of carbonyl (C=O) groups is 2. The third-order valence-electron chi connectivity index (χ3n) is 4.73. The van der Waals surface area contributed by atoms with Crippen LogP contribution < -0.4 is 16.0 Å². The van der Waals surface area contributed by atoms with Crippen molar-refractivity contribution in [3.8, 4) is 10.6 Å². The molecule has 0 radical (unpaired) electrons. The molecule has 3 N–H and O–H groups in total. The summed E-state index contributed by atoms with van der Waals surface area (Å²) in [7, 11) is 0. The summed E-state index contributed by atoms with van der Waals surface area (Å²) in [4.78, 5) is 25.7. The standard InChI is InChI=1S/C24H19ClFN5O2S/c25-17-7-4-8-19(14-17)27-23(33)28-20(13-15-5-2-1-3-6-15)21(32)29-24-31-30-22(34-24)16-9-11-18(26)12-10-16/h1-12,14,20H,13H2,(H2,27,28,33)(H,29,31,32). The highest BCUT2D eigenvalue weighted by atomic mass is 35.5. The molecule has 3 amide bonds. The molecule has 3 aromatic carbocycles. The summed E-state index contributed by atoms with van der Waals surface area (Å²) < 4.78 is 13.2. The van der Waals surface area contributed by atoms with Crippen LogP contribution in [0.3, 0.4) is 0 Å². The number of carbonyl (C=O) groups excluding carboxylic acids is 2. The van der Waals surface area contributed by atoms with Crippen molar-refractivity contribution in [2.24, 2.45) is 0 Å². The Kier molecular flexibility index (Phi) is 7.46. The van der Waals surface area contributed by atoms with E-state index in [4.69, 9.17) is 11.6 Å². The normalized spacial score (nSPS) is 11.5. The molecular weight excluding hydrogens is 477 g/mol. The molecule has 1 heterocycles. The Morgan fingerprint density at radius 3 is 2.44 bits per heavy atom. The summed E-state index contributed by atoms with van der Waals surface area (Å²) in [6, 6.07) is 20.4. The van der Waals surface area contributed by atoms with Crippen molar-refractivity contribution in [2.45, 2.75) is 12.5 Å². The van der Waals surface area contributed by atoms with Gasteiger partial charge in [-0.2, -0.15) is 0 Å². The summed E-state index contributed by atoms with van der Waals surface area (Å²) >= 11 is 7.12. The number of rotatable bonds is 7. The van der Waals surface area contributed by atoms with Gasteiger partial charge >= 0.3 is 6.03 Å². The number of hydrogen-bond donors (Lipinski definition) is 3. The Hall–Kier alpha value is -3.82. The van der Waals surface area contributed by atoms with Crippen LogP contribution in [-0.2, 0) is 11.2 Å². The number of hydrogen-bond acceptors (Lipinski definition) is 5. The molecule has 0 saturated carbocycles. The molecule has 0 aliphatic carbocycles. The molecule has 0 bridgehead atoms. The number of urea groups is 1. The largest absolute Gasteiger partial charge is 0.326 e. The highest BCUT2D eigenvalue weighted by Crippen LogP contribution is 2.26. The topological polar surface area (TPSA) is 96.0 Å². The predicted molar refractivity (Wildman–Crippen MR) is 131 cm³/mol. The molecule has 172 valence electrons. The lowest BCUT2D eigenvalue weighted by molar-refractivity contribution is -0.117. The van der Waals surface area contributed by atoms with Gasteiger partial charge < -0.3 is 10.6 Å². The van der Waals surface area contributed by atoms with Crippen molar-refractivity contribution in [1.82, 2.24) is 15.5 Å². The first-order chi connectivity index (χ1) is 16.5. The maximum Gasteiger partial charge on any atom is 0.319 e. The second kappa shape index (κ2) is 10.9. The van der Waals surface area contributed by atoms with E-state index in [2.05, 4.69) is 26.1 Å². The Bertz CT molecular complexity index is 1280. The van der Waals surface area contributed by atoms with Gasteiger partial charge in [-0.05, 0) is 48.0 Å². The molecule has 0 aliphatic rings. The fourth-order valence-corrected chi connectivity index (χ4v) is 4.07. The van der Waals surface area contributed by atoms with Crippen molar-refractivity contribution < 1.29 is 14.0 Å². The molecule has 1 unspecified atom stereocenters. The van der Waals surface area contributed by atoms with Gasteiger partial charge in [0.2, 0.25) is 11.0 Å². The maximum absolute atomic E-state index is 13.2. The van der Waals surface area contributed by atoms with Crippen LogP contribution in [0.1, 0.15) is 5.56 Å². The monoisotopic (exact) mass is 495 g/mol. The average Bonchev–Trinajstić information content (AvgIpc) is 3.28. The molecule has 0 fully saturated rings. The number of nitrogens with zero attached hydrogens (tertiary/aromatic N) is 2. The van der Waals surface area contributed by atoms with E-state index in [0.717, 1.165) is 16.9 Å². The molecule has 7 nitrogen and oxygen atoms in total. The van der Waals surface area contributed by atoms with Gasteiger partial charge in [-0.1, -0.05) is 59.3 Å². The zero-order valence-corrected chi connectivity index (χ0v) is 19.2. The van der Waals surface area contributed by atoms with Crippen molar-refractivity contribution in [1.29, 1.82) is 0 Å². The molecule has 0 aliphatic heterocycles. The van der Waals surface area contributed by atoms with Gasteiger partial charge in [-0.25, -0.2) is 9.18 Å². The van der Waals surface area contributed by atoms with E-state index in [9.17, 15) is 14.0 Å². The van der Waals surface area contributed by atoms with Crippen LogP contribution in [0.15, 0.2) is 78.9 Å². The summed E-state index contributed by atoms with van der Waals surface area (Å²) in [5.74, 6) is -0.806. The summed E-state index contributed by atoms with van der Waals surface area (Å²) in [6.07, 6.45) is 0.263. The first-order valence-electron chi connectivity index (χ1n) is 10.2. The zero-order chi connectivity index (χ0) is 23.9. The molecule has 0 saturated heterocycles. The molecular formula is C24H19ClFN5O2S. The lowest BCUT2D eigenvalue weighted by atomic mass is 10.1. The summed E-state index contributed by atoms with van der Waals surface area (Å²) in [5, 5.41) is 17.4. The minimum absolute atomic E-state index is 0.263. The van der Waals surface area contributed by atoms with E-state index in [1.807, 2.05) is 30.3 Å². The minimum Gasteiger partial charge on any atom is -0.326 e. The molecule has 4 rings (SSSR count). The number of amides is 3. The van der Waals surface area contributed by atoms with Gasteiger partial charge in [-0.15, -0.1) is 10.2 Å². The smallest absolute Gasteiger partial charge is 0.319 e. The van der Waals surface area contributed by atoms with Crippen LogP contribution in [0.5, 0.6) is 0 Å². The molecule has 1 atom stereocenters. The second-order valence-corrected chi connectivity index (χ2v) is 8.67. The number of halogens is 2. The van der Waals surface area contributed by atoms with Gasteiger partial charge in [-0.3, -0.25) is 10.1 Å². The molecule has 10 heteroatoms. The second-order valence-electron chi connectivity index (χ2n) is 7.26. The van der Waals surface area contributed by atoms with Crippen molar-refractivity contribution in [3.05, 3.63) is 95.3 Å². The Morgan fingerprint density at radius 2 is 1.71 bits per heavy atom. The quantitative estimate of drug-likeness (QED) is 0.321. The third kappa shape index (κ3) is 6.37. The van der Waals surface area contributed by atoms with E-state index < -0.39 is 18.0 Å². The van der Waals surface area contributed by atoms with E-state index in [1.54, 1.807) is 36.4 Å². The summed E-state index contributed by atoms with van der Waals surface area (Å²) in [6.45, 7) is 0. The van der Waals surface area contributed by atoms with Crippen LogP contribution in [0, 0.1) is 5.82 Å². The van der Waals surface area contributed by atoms with Gasteiger partial charge in [0.25, 0.3) is 0 Å². The van der Waals surface area contributed by atoms with E-state index in [-0.39, 0.29) is 17.4 Å². The zero-order valence-electron chi connectivity index (χ0n) is 17.7. The van der Waals surface area contributed by atoms with Crippen LogP contribution in [0.2, 0.25) is 5.02 Å². The Labute approximate surface area is 204 Å². The van der Waals surface area contributed by atoms with Gasteiger partial charge in [0.1, 0.15) is 16.9 Å². The van der Waals surface area contributed by atoms with Gasteiger partial charge in [0.15, 0.2) is 0 Å². The van der Waals surface area contributed by atoms with Crippen molar-refractivity contribution in [3.63, 3.8) is 0 Å². The average molecular weight is 496 g/mol. The number of nitrogens with one attached hydrogen (secondary N) is 3. The molecule has 4 aromatic rings. The molecule has 0 spiro atoms. The SMILES string of the molecule is O=C(Nc1cccc(Cl)c1)NC(Cc1ccccc1)C(=O)Nc1nnc(-c2ccc(F)cc2)s1. The highest BCUT2D eigenvalue weighted by Gasteiger charge is 2.23. The maximum atomic E-state index is 13.2. The first-order valence-corrected chi connectivity index (χ1v) is 11.4. The lowest BCUT2D eigenvalue weighted by Crippen LogP contribution is -2.46. The number of anilines is 2. The summed E-state index contributed by atoms with van der Waals surface area (Å²) in [5.41, 5.74) is 2.05. The Balaban J connectivity index is 1.47. The van der Waals surface area contributed by atoms with Gasteiger partial charge in [0, 0.05) is 22.7 Å². The molecule has 1 aromatic heterocycles. The number of aromatic nitrogens is 2. The van der Waals surface area contributed by atoms with Crippen LogP contribution >= 0.6 is 22.9 Å². The van der Waals surface area contributed by atoms with Crippen LogP contribution in [0.25, 0.3) is 10.6 Å². The van der Waals surface area contributed by atoms with Crippen molar-refractivity contribution >= 4 is 45.7 Å². The van der Waals surface area contributed by atoms with E-state index in [0.29, 0.717) is 21.3 Å². The first kappa shape index (κ1) is 23.3. The highest BCUT2D eigenvalue weighted by molar-refractivity contribution is 7.18.